The first-order valence-corrected chi connectivity index (χ1v) is 5.32. The summed E-state index contributed by atoms with van der Waals surface area (Å²) in [4.78, 5) is 10.9. The lowest BCUT2D eigenvalue weighted by atomic mass is 9.98. The summed E-state index contributed by atoms with van der Waals surface area (Å²) < 4.78 is 0. The Morgan fingerprint density at radius 3 is 2.29 bits per heavy atom. The Morgan fingerprint density at radius 2 is 1.65 bits per heavy atom. The summed E-state index contributed by atoms with van der Waals surface area (Å²) in [5, 5.41) is 8.92. The Morgan fingerprint density at radius 1 is 1.00 bits per heavy atom. The molecule has 0 saturated heterocycles. The first kappa shape index (κ1) is 11.4. The van der Waals surface area contributed by atoms with Crippen LogP contribution in [0.25, 0.3) is 0 Å². The second kappa shape index (κ2) is 4.80. The number of aromatic carboxylic acids is 1. The normalized spacial score (nSPS) is 12.1. The van der Waals surface area contributed by atoms with Gasteiger partial charge in [0.1, 0.15) is 0 Å². The summed E-state index contributed by atoms with van der Waals surface area (Å²) in [6.07, 6.45) is 0. The fourth-order valence-electron chi connectivity index (χ4n) is 1.72. The molecule has 17 heavy (non-hydrogen) atoms. The van der Waals surface area contributed by atoms with Crippen molar-refractivity contribution >= 4 is 5.97 Å². The minimum atomic E-state index is -0.938. The summed E-state index contributed by atoms with van der Waals surface area (Å²) in [7, 11) is 0. The lowest BCUT2D eigenvalue weighted by Crippen LogP contribution is -2.12. The van der Waals surface area contributed by atoms with Gasteiger partial charge < -0.3 is 10.8 Å². The number of carboxylic acids is 1. The summed E-state index contributed by atoms with van der Waals surface area (Å²) in [5.74, 6) is -0.938. The lowest BCUT2D eigenvalue weighted by Gasteiger charge is -2.12. The molecule has 0 spiro atoms. The van der Waals surface area contributed by atoms with Crippen molar-refractivity contribution in [1.29, 1.82) is 0 Å². The molecule has 0 aliphatic carbocycles. The van der Waals surface area contributed by atoms with Gasteiger partial charge in [-0.2, -0.15) is 0 Å². The Kier molecular flexibility index (Phi) is 3.21. The van der Waals surface area contributed by atoms with E-state index in [-0.39, 0.29) is 11.6 Å². The highest BCUT2D eigenvalue weighted by Crippen LogP contribution is 2.20. The van der Waals surface area contributed by atoms with Gasteiger partial charge in [0.15, 0.2) is 0 Å². The van der Waals surface area contributed by atoms with E-state index in [1.807, 2.05) is 36.4 Å². The van der Waals surface area contributed by atoms with E-state index in [1.54, 1.807) is 18.2 Å². The molecule has 0 aromatic heterocycles. The largest absolute Gasteiger partial charge is 0.478 e. The van der Waals surface area contributed by atoms with E-state index in [2.05, 4.69) is 0 Å². The molecule has 1 unspecified atom stereocenters. The van der Waals surface area contributed by atoms with E-state index < -0.39 is 5.97 Å². The van der Waals surface area contributed by atoms with Crippen LogP contribution in [-0.4, -0.2) is 11.1 Å². The highest BCUT2D eigenvalue weighted by molar-refractivity contribution is 5.87. The Bertz CT molecular complexity index is 523. The van der Waals surface area contributed by atoms with E-state index in [0.29, 0.717) is 0 Å². The SMILES string of the molecule is NC(c1ccccc1)c1cccc(C(=O)O)c1. The Hall–Kier alpha value is -2.13. The summed E-state index contributed by atoms with van der Waals surface area (Å²) in [6, 6.07) is 16.0. The summed E-state index contributed by atoms with van der Waals surface area (Å²) in [5.41, 5.74) is 8.12. The van der Waals surface area contributed by atoms with Gasteiger partial charge in [-0.15, -0.1) is 0 Å². The molecule has 0 saturated carbocycles. The predicted octanol–water partition coefficient (Wildman–Crippen LogP) is 2.43. The van der Waals surface area contributed by atoms with Gasteiger partial charge in [0.05, 0.1) is 11.6 Å². The van der Waals surface area contributed by atoms with Crippen LogP contribution in [0.3, 0.4) is 0 Å². The van der Waals surface area contributed by atoms with Crippen LogP contribution in [-0.2, 0) is 0 Å². The van der Waals surface area contributed by atoms with Crippen LogP contribution in [0.5, 0.6) is 0 Å². The van der Waals surface area contributed by atoms with Gasteiger partial charge >= 0.3 is 5.97 Å². The smallest absolute Gasteiger partial charge is 0.335 e. The third kappa shape index (κ3) is 2.52. The van der Waals surface area contributed by atoms with E-state index in [1.165, 1.54) is 0 Å². The van der Waals surface area contributed by atoms with Gasteiger partial charge in [0.25, 0.3) is 0 Å². The van der Waals surface area contributed by atoms with Crippen molar-refractivity contribution in [3.63, 3.8) is 0 Å². The zero-order valence-corrected chi connectivity index (χ0v) is 9.21. The van der Waals surface area contributed by atoms with Crippen LogP contribution in [0, 0.1) is 0 Å². The number of carbonyl (C=O) groups is 1. The maximum Gasteiger partial charge on any atom is 0.335 e. The Labute approximate surface area is 99.5 Å². The number of hydrogen-bond donors (Lipinski definition) is 2. The van der Waals surface area contributed by atoms with Gasteiger partial charge in [-0.3, -0.25) is 0 Å². The van der Waals surface area contributed by atoms with E-state index >= 15 is 0 Å². The fraction of sp³-hybridized carbons (Fsp3) is 0.0714. The third-order valence-corrected chi connectivity index (χ3v) is 2.65. The zero-order valence-electron chi connectivity index (χ0n) is 9.21. The molecule has 1 atom stereocenters. The second-order valence-electron chi connectivity index (χ2n) is 3.82. The number of carboxylic acid groups (broad SMARTS) is 1. The molecule has 0 aliphatic heterocycles. The molecule has 3 nitrogen and oxygen atoms in total. The summed E-state index contributed by atoms with van der Waals surface area (Å²) >= 11 is 0. The maximum absolute atomic E-state index is 10.9. The minimum Gasteiger partial charge on any atom is -0.478 e. The molecule has 3 heteroatoms. The monoisotopic (exact) mass is 227 g/mol. The third-order valence-electron chi connectivity index (χ3n) is 2.65. The Balaban J connectivity index is 2.34. The van der Waals surface area contributed by atoms with Gasteiger partial charge in [0.2, 0.25) is 0 Å². The number of rotatable bonds is 3. The van der Waals surface area contributed by atoms with E-state index in [4.69, 9.17) is 10.8 Å². The first-order valence-electron chi connectivity index (χ1n) is 5.32. The average Bonchev–Trinajstić information content (AvgIpc) is 2.39. The van der Waals surface area contributed by atoms with Crippen LogP contribution in [0.4, 0.5) is 0 Å². The molecule has 2 aromatic rings. The highest BCUT2D eigenvalue weighted by Gasteiger charge is 2.10. The van der Waals surface area contributed by atoms with Gasteiger partial charge in [-0.1, -0.05) is 42.5 Å². The molecule has 86 valence electrons. The topological polar surface area (TPSA) is 63.3 Å². The van der Waals surface area contributed by atoms with Crippen LogP contribution >= 0.6 is 0 Å². The molecule has 0 bridgehead atoms. The highest BCUT2D eigenvalue weighted by atomic mass is 16.4. The van der Waals surface area contributed by atoms with Crippen LogP contribution in [0.2, 0.25) is 0 Å². The van der Waals surface area contributed by atoms with Gasteiger partial charge in [-0.25, -0.2) is 4.79 Å². The zero-order chi connectivity index (χ0) is 12.3. The van der Waals surface area contributed by atoms with Crippen molar-refractivity contribution in [1.82, 2.24) is 0 Å². The molecular formula is C14H13NO2. The second-order valence-corrected chi connectivity index (χ2v) is 3.82. The van der Waals surface area contributed by atoms with Crippen molar-refractivity contribution in [2.45, 2.75) is 6.04 Å². The minimum absolute atomic E-state index is 0.258. The van der Waals surface area contributed by atoms with Gasteiger partial charge in [0, 0.05) is 0 Å². The lowest BCUT2D eigenvalue weighted by molar-refractivity contribution is 0.0697. The van der Waals surface area contributed by atoms with Crippen LogP contribution < -0.4 is 5.73 Å². The van der Waals surface area contributed by atoms with Crippen molar-refractivity contribution < 1.29 is 9.90 Å². The number of nitrogens with two attached hydrogens (primary N) is 1. The number of benzene rings is 2. The standard InChI is InChI=1S/C14H13NO2/c15-13(10-5-2-1-3-6-10)11-7-4-8-12(9-11)14(16)17/h1-9,13H,15H2,(H,16,17). The molecule has 0 fully saturated rings. The van der Waals surface area contributed by atoms with Crippen molar-refractivity contribution in [2.24, 2.45) is 5.73 Å². The van der Waals surface area contributed by atoms with Crippen molar-refractivity contribution in [3.05, 3.63) is 71.3 Å². The van der Waals surface area contributed by atoms with Crippen LogP contribution in [0.1, 0.15) is 27.5 Å². The van der Waals surface area contributed by atoms with Crippen LogP contribution in [0.15, 0.2) is 54.6 Å². The molecule has 0 amide bonds. The maximum atomic E-state index is 10.9. The molecule has 0 aliphatic rings. The average molecular weight is 227 g/mol. The molecule has 0 radical (unpaired) electrons. The quantitative estimate of drug-likeness (QED) is 0.846. The van der Waals surface area contributed by atoms with Crippen molar-refractivity contribution in [3.8, 4) is 0 Å². The number of hydrogen-bond acceptors (Lipinski definition) is 2. The fourth-order valence-corrected chi connectivity index (χ4v) is 1.72. The summed E-state index contributed by atoms with van der Waals surface area (Å²) in [6.45, 7) is 0. The van der Waals surface area contributed by atoms with Gasteiger partial charge in [-0.05, 0) is 23.3 Å². The molecule has 2 aromatic carbocycles. The van der Waals surface area contributed by atoms with Crippen molar-refractivity contribution in [2.75, 3.05) is 0 Å². The molecule has 3 N–H and O–H groups in total. The predicted molar refractivity (Wildman–Crippen MR) is 65.9 cm³/mol. The first-order chi connectivity index (χ1) is 8.18. The van der Waals surface area contributed by atoms with E-state index in [9.17, 15) is 4.79 Å². The molecular weight excluding hydrogens is 214 g/mol. The van der Waals surface area contributed by atoms with E-state index in [0.717, 1.165) is 11.1 Å². The molecule has 0 heterocycles. The molecule has 2 rings (SSSR count).